The van der Waals surface area contributed by atoms with E-state index in [1.54, 1.807) is 0 Å². The summed E-state index contributed by atoms with van der Waals surface area (Å²) < 4.78 is 6.17. The van der Waals surface area contributed by atoms with Crippen LogP contribution in [0.5, 0.6) is 0 Å². The van der Waals surface area contributed by atoms with E-state index < -0.39 is 5.97 Å². The summed E-state index contributed by atoms with van der Waals surface area (Å²) in [6.07, 6.45) is 14.3. The number of thioether (sulfide) groups is 2. The zero-order valence-electron chi connectivity index (χ0n) is 14.8. The summed E-state index contributed by atoms with van der Waals surface area (Å²) in [7, 11) is 0. The van der Waals surface area contributed by atoms with Gasteiger partial charge in [0, 0.05) is 5.75 Å². The lowest BCUT2D eigenvalue weighted by molar-refractivity contribution is -0.133. The molecule has 2 aliphatic heterocycles. The molecule has 0 saturated carbocycles. The quantitative estimate of drug-likeness (QED) is 0.370. The highest BCUT2D eigenvalue weighted by Crippen LogP contribution is 2.46. The van der Waals surface area contributed by atoms with Gasteiger partial charge in [-0.05, 0) is 49.0 Å². The summed E-state index contributed by atoms with van der Waals surface area (Å²) >= 11 is 3.58. The summed E-state index contributed by atoms with van der Waals surface area (Å²) in [5.41, 5.74) is 0. The first-order valence-corrected chi connectivity index (χ1v) is 11.7. The van der Waals surface area contributed by atoms with Crippen molar-refractivity contribution in [1.82, 2.24) is 0 Å². The number of rotatable bonds is 13. The van der Waals surface area contributed by atoms with Gasteiger partial charge in [-0.25, -0.2) is 0 Å². The Morgan fingerprint density at radius 3 is 2.67 bits per heavy atom. The van der Waals surface area contributed by atoms with Crippen molar-refractivity contribution < 1.29 is 14.6 Å². The van der Waals surface area contributed by atoms with Gasteiger partial charge in [0.1, 0.15) is 0 Å². The molecule has 5 heteroatoms. The lowest BCUT2D eigenvalue weighted by Gasteiger charge is -2.27. The SMILES string of the molecule is CCCCCCSC[C@@H]1[C@H](CC=CCSCC(=O)O)[C@@H]2CC[C@H]1O2. The summed E-state index contributed by atoms with van der Waals surface area (Å²) in [5, 5.41) is 8.64. The third-order valence-electron chi connectivity index (χ3n) is 5.06. The van der Waals surface area contributed by atoms with E-state index in [0.717, 1.165) is 18.1 Å². The van der Waals surface area contributed by atoms with E-state index in [1.807, 2.05) is 0 Å². The van der Waals surface area contributed by atoms with Crippen molar-refractivity contribution in [3.63, 3.8) is 0 Å². The minimum absolute atomic E-state index is 0.193. The van der Waals surface area contributed by atoms with Gasteiger partial charge in [0.05, 0.1) is 18.0 Å². The number of hydrogen-bond acceptors (Lipinski definition) is 4. The monoisotopic (exact) mass is 372 g/mol. The van der Waals surface area contributed by atoms with Gasteiger partial charge >= 0.3 is 5.97 Å². The Kier molecular flexibility index (Phi) is 9.65. The standard InChI is InChI=1S/C19H32O3S2/c1-2-3-4-6-11-23-13-16-15(17-9-10-18(16)22-17)8-5-7-12-24-14-19(20)21/h5,7,15-18H,2-4,6,8-14H2,1H3,(H,20,21)/t15-,16+,17-,18+/m0/s1. The highest BCUT2D eigenvalue weighted by atomic mass is 32.2. The topological polar surface area (TPSA) is 46.5 Å². The maximum Gasteiger partial charge on any atom is 0.313 e. The van der Waals surface area contributed by atoms with Crippen LogP contribution < -0.4 is 0 Å². The molecule has 0 aromatic heterocycles. The van der Waals surface area contributed by atoms with E-state index in [9.17, 15) is 4.79 Å². The predicted molar refractivity (Wildman–Crippen MR) is 105 cm³/mol. The molecule has 0 aromatic rings. The summed E-state index contributed by atoms with van der Waals surface area (Å²) in [6, 6.07) is 0. The summed E-state index contributed by atoms with van der Waals surface area (Å²) in [6.45, 7) is 2.26. The van der Waals surface area contributed by atoms with Gasteiger partial charge in [0.25, 0.3) is 0 Å². The minimum Gasteiger partial charge on any atom is -0.481 e. The third-order valence-corrected chi connectivity index (χ3v) is 7.13. The Hall–Kier alpha value is -0.130. The molecule has 2 bridgehead atoms. The summed E-state index contributed by atoms with van der Waals surface area (Å²) in [5.74, 6) is 4.20. The smallest absolute Gasteiger partial charge is 0.313 e. The van der Waals surface area contributed by atoms with Gasteiger partial charge in [0.15, 0.2) is 0 Å². The van der Waals surface area contributed by atoms with Crippen LogP contribution in [0.1, 0.15) is 51.9 Å². The van der Waals surface area contributed by atoms with Crippen molar-refractivity contribution in [2.45, 2.75) is 64.1 Å². The van der Waals surface area contributed by atoms with Crippen molar-refractivity contribution in [3.05, 3.63) is 12.2 Å². The van der Waals surface area contributed by atoms with Crippen molar-refractivity contribution in [1.29, 1.82) is 0 Å². The van der Waals surface area contributed by atoms with E-state index in [2.05, 4.69) is 30.8 Å². The van der Waals surface area contributed by atoms with Crippen LogP contribution in [0.2, 0.25) is 0 Å². The van der Waals surface area contributed by atoms with Crippen molar-refractivity contribution in [3.8, 4) is 0 Å². The molecule has 2 saturated heterocycles. The first-order valence-electron chi connectivity index (χ1n) is 9.40. The highest BCUT2D eigenvalue weighted by Gasteiger charge is 2.47. The Labute approximate surface area is 155 Å². The normalized spacial score (nSPS) is 28.9. The van der Waals surface area contributed by atoms with Crippen molar-refractivity contribution in [2.75, 3.05) is 23.0 Å². The van der Waals surface area contributed by atoms with Gasteiger partial charge < -0.3 is 9.84 Å². The molecular formula is C19H32O3S2. The van der Waals surface area contributed by atoms with Crippen LogP contribution in [-0.2, 0) is 9.53 Å². The van der Waals surface area contributed by atoms with Gasteiger partial charge in [-0.1, -0.05) is 38.3 Å². The molecular weight excluding hydrogens is 340 g/mol. The maximum atomic E-state index is 10.5. The average Bonchev–Trinajstić information content (AvgIpc) is 3.15. The summed E-state index contributed by atoms with van der Waals surface area (Å²) in [4.78, 5) is 10.5. The number of carboxylic acid groups (broad SMARTS) is 1. The van der Waals surface area contributed by atoms with Gasteiger partial charge in [-0.3, -0.25) is 4.79 Å². The van der Waals surface area contributed by atoms with Crippen molar-refractivity contribution >= 4 is 29.5 Å². The molecule has 0 amide bonds. The van der Waals surface area contributed by atoms with E-state index in [1.165, 1.54) is 61.8 Å². The third kappa shape index (κ3) is 6.64. The van der Waals surface area contributed by atoms with Crippen LogP contribution >= 0.6 is 23.5 Å². The second kappa shape index (κ2) is 11.5. The number of carbonyl (C=O) groups is 1. The Morgan fingerprint density at radius 2 is 1.92 bits per heavy atom. The van der Waals surface area contributed by atoms with Gasteiger partial charge in [-0.15, -0.1) is 11.8 Å². The van der Waals surface area contributed by atoms with E-state index in [0.29, 0.717) is 18.1 Å². The molecule has 0 radical (unpaired) electrons. The maximum absolute atomic E-state index is 10.5. The van der Waals surface area contributed by atoms with Crippen LogP contribution in [0.25, 0.3) is 0 Å². The molecule has 0 unspecified atom stereocenters. The number of allylic oxidation sites excluding steroid dienone is 1. The zero-order chi connectivity index (χ0) is 17.2. The predicted octanol–water partition coefficient (Wildman–Crippen LogP) is 4.86. The van der Waals surface area contributed by atoms with Crippen LogP contribution in [0.15, 0.2) is 12.2 Å². The molecule has 4 atom stereocenters. The molecule has 24 heavy (non-hydrogen) atoms. The lowest BCUT2D eigenvalue weighted by atomic mass is 9.78. The van der Waals surface area contributed by atoms with Crippen LogP contribution in [0, 0.1) is 11.8 Å². The molecule has 2 aliphatic rings. The molecule has 2 fully saturated rings. The molecule has 138 valence electrons. The molecule has 0 aromatic carbocycles. The first-order chi connectivity index (χ1) is 11.7. The Bertz CT molecular complexity index is 400. The first kappa shape index (κ1) is 20.2. The second-order valence-corrected chi connectivity index (χ2v) is 9.05. The highest BCUT2D eigenvalue weighted by molar-refractivity contribution is 8.00. The van der Waals surface area contributed by atoms with Crippen LogP contribution in [0.3, 0.4) is 0 Å². The second-order valence-electron chi connectivity index (χ2n) is 6.87. The van der Waals surface area contributed by atoms with Crippen LogP contribution in [-0.4, -0.2) is 46.3 Å². The number of unbranched alkanes of at least 4 members (excludes halogenated alkanes) is 3. The Balaban J connectivity index is 1.65. The average molecular weight is 373 g/mol. The number of carboxylic acids is 1. The van der Waals surface area contributed by atoms with E-state index >= 15 is 0 Å². The molecule has 3 nitrogen and oxygen atoms in total. The van der Waals surface area contributed by atoms with Gasteiger partial charge in [0.2, 0.25) is 0 Å². The Morgan fingerprint density at radius 1 is 1.12 bits per heavy atom. The molecule has 1 N–H and O–H groups in total. The number of aliphatic carboxylic acids is 1. The lowest BCUT2D eigenvalue weighted by Crippen LogP contribution is -2.28. The van der Waals surface area contributed by atoms with E-state index in [4.69, 9.17) is 9.84 Å². The largest absolute Gasteiger partial charge is 0.481 e. The van der Waals surface area contributed by atoms with E-state index in [-0.39, 0.29) is 5.75 Å². The number of fused-ring (bicyclic) bond motifs is 2. The van der Waals surface area contributed by atoms with Gasteiger partial charge in [-0.2, -0.15) is 11.8 Å². The van der Waals surface area contributed by atoms with Crippen molar-refractivity contribution in [2.24, 2.45) is 11.8 Å². The fourth-order valence-corrected chi connectivity index (χ4v) is 5.69. The molecule has 0 spiro atoms. The fourth-order valence-electron chi connectivity index (χ4n) is 3.81. The minimum atomic E-state index is -0.731. The zero-order valence-corrected chi connectivity index (χ0v) is 16.5. The van der Waals surface area contributed by atoms with Crippen LogP contribution in [0.4, 0.5) is 0 Å². The molecule has 0 aliphatic carbocycles. The molecule has 2 rings (SSSR count). The molecule has 2 heterocycles. The number of ether oxygens (including phenoxy) is 1. The number of hydrogen-bond donors (Lipinski definition) is 1. The fraction of sp³-hybridized carbons (Fsp3) is 0.842.